The molecule has 1 aliphatic rings. The van der Waals surface area contributed by atoms with Gasteiger partial charge in [-0.05, 0) is 43.0 Å². The Bertz CT molecular complexity index is 1290. The number of hydrogen-bond acceptors (Lipinski definition) is 5. The van der Waals surface area contributed by atoms with E-state index in [9.17, 15) is 4.79 Å². The maximum absolute atomic E-state index is 13.5. The number of anilines is 1. The molecule has 1 unspecified atom stereocenters. The zero-order valence-corrected chi connectivity index (χ0v) is 19.0. The van der Waals surface area contributed by atoms with Crippen LogP contribution in [0.1, 0.15) is 48.7 Å². The van der Waals surface area contributed by atoms with Crippen LogP contribution in [0.2, 0.25) is 0 Å². The summed E-state index contributed by atoms with van der Waals surface area (Å²) in [6.07, 6.45) is 5.28. The summed E-state index contributed by atoms with van der Waals surface area (Å²) in [4.78, 5) is 18.1. The summed E-state index contributed by atoms with van der Waals surface area (Å²) in [5.41, 5.74) is 3.21. The second-order valence-corrected chi connectivity index (χ2v) is 8.54. The molecule has 3 heterocycles. The number of aromatic nitrogens is 3. The van der Waals surface area contributed by atoms with Crippen molar-refractivity contribution in [2.45, 2.75) is 45.3 Å². The molecule has 2 aromatic carbocycles. The largest absolute Gasteiger partial charge is 0.381 e. The maximum Gasteiger partial charge on any atom is 0.255 e. The first-order valence-corrected chi connectivity index (χ1v) is 11.6. The van der Waals surface area contributed by atoms with E-state index in [1.165, 1.54) is 0 Å². The maximum atomic E-state index is 13.5. The van der Waals surface area contributed by atoms with Gasteiger partial charge < -0.3 is 15.4 Å². The lowest BCUT2D eigenvalue weighted by molar-refractivity contribution is 0.0903. The average Bonchev–Trinajstić information content (AvgIpc) is 3.28. The first-order valence-electron chi connectivity index (χ1n) is 11.6. The van der Waals surface area contributed by atoms with Crippen LogP contribution in [0, 0.1) is 0 Å². The van der Waals surface area contributed by atoms with Gasteiger partial charge in [0.1, 0.15) is 0 Å². The van der Waals surface area contributed by atoms with E-state index in [1.54, 1.807) is 12.4 Å². The summed E-state index contributed by atoms with van der Waals surface area (Å²) in [6, 6.07) is 14.5. The van der Waals surface area contributed by atoms with Gasteiger partial charge in [0, 0.05) is 32.0 Å². The highest BCUT2D eigenvalue weighted by Gasteiger charge is 2.23. The Morgan fingerprint density at radius 2 is 1.91 bits per heavy atom. The number of carbonyl (C=O) groups excluding carboxylic acids is 1. The summed E-state index contributed by atoms with van der Waals surface area (Å²) in [7, 11) is 0. The minimum atomic E-state index is -0.159. The third-order valence-corrected chi connectivity index (χ3v) is 6.42. The van der Waals surface area contributed by atoms with E-state index in [1.807, 2.05) is 36.7 Å². The first kappa shape index (κ1) is 21.4. The summed E-state index contributed by atoms with van der Waals surface area (Å²) in [5, 5.41) is 14.5. The second kappa shape index (κ2) is 9.19. The van der Waals surface area contributed by atoms with E-state index >= 15 is 0 Å². The topological polar surface area (TPSA) is 81.1 Å². The predicted octanol–water partition coefficient (Wildman–Crippen LogP) is 4.69. The first-order chi connectivity index (χ1) is 16.2. The summed E-state index contributed by atoms with van der Waals surface area (Å²) in [5.74, 6) is -0.149. The van der Waals surface area contributed by atoms with Crippen LogP contribution in [-0.2, 0) is 11.3 Å². The molecule has 7 heteroatoms. The van der Waals surface area contributed by atoms with Crippen molar-refractivity contribution < 1.29 is 9.53 Å². The minimum absolute atomic E-state index is 0.149. The number of hydrogen-bond donors (Lipinski definition) is 2. The predicted molar refractivity (Wildman–Crippen MR) is 130 cm³/mol. The molecule has 0 saturated carbocycles. The Morgan fingerprint density at radius 3 is 2.73 bits per heavy atom. The smallest absolute Gasteiger partial charge is 0.255 e. The molecule has 2 N–H and O–H groups in total. The standard InChI is InChI=1S/C26H29N5O2/c1-3-31-25-22(16-28-31)24(30-19-11-13-33-14-12-19)23(15-27-25)26(32)29-17(2)20-10-6-8-18-7-4-5-9-21(18)20/h4-10,15-17,19H,3,11-14H2,1-2H3,(H,27,30)(H,29,32). The fourth-order valence-electron chi connectivity index (χ4n) is 4.61. The van der Waals surface area contributed by atoms with Gasteiger partial charge in [0.05, 0.1) is 28.9 Å². The fraction of sp³-hybridized carbons (Fsp3) is 0.346. The molecule has 4 aromatic rings. The number of benzene rings is 2. The lowest BCUT2D eigenvalue weighted by Gasteiger charge is -2.26. The van der Waals surface area contributed by atoms with Crippen LogP contribution >= 0.6 is 0 Å². The molecule has 170 valence electrons. The van der Waals surface area contributed by atoms with Gasteiger partial charge >= 0.3 is 0 Å². The minimum Gasteiger partial charge on any atom is -0.381 e. The lowest BCUT2D eigenvalue weighted by Crippen LogP contribution is -2.31. The summed E-state index contributed by atoms with van der Waals surface area (Å²) in [6.45, 7) is 6.22. The van der Waals surface area contributed by atoms with E-state index in [2.05, 4.69) is 45.0 Å². The zero-order chi connectivity index (χ0) is 22.8. The number of nitrogens with zero attached hydrogens (tertiary/aromatic N) is 3. The monoisotopic (exact) mass is 443 g/mol. The summed E-state index contributed by atoms with van der Waals surface area (Å²) >= 11 is 0. The van der Waals surface area contributed by atoms with Crippen LogP contribution in [-0.4, -0.2) is 39.9 Å². The fourth-order valence-corrected chi connectivity index (χ4v) is 4.61. The van der Waals surface area contributed by atoms with Crippen LogP contribution in [0.25, 0.3) is 21.8 Å². The number of pyridine rings is 1. The molecule has 1 amide bonds. The number of ether oxygens (including phenoxy) is 1. The van der Waals surface area contributed by atoms with Gasteiger partial charge in [-0.2, -0.15) is 5.10 Å². The molecular formula is C26H29N5O2. The molecular weight excluding hydrogens is 414 g/mol. The highest BCUT2D eigenvalue weighted by molar-refractivity contribution is 6.06. The van der Waals surface area contributed by atoms with Crippen molar-refractivity contribution in [3.05, 3.63) is 66.0 Å². The number of aryl methyl sites for hydroxylation is 1. The van der Waals surface area contributed by atoms with Crippen LogP contribution < -0.4 is 10.6 Å². The van der Waals surface area contributed by atoms with Gasteiger partial charge in [-0.25, -0.2) is 9.67 Å². The van der Waals surface area contributed by atoms with Crippen molar-refractivity contribution in [1.82, 2.24) is 20.1 Å². The molecule has 33 heavy (non-hydrogen) atoms. The van der Waals surface area contributed by atoms with Gasteiger partial charge in [0.15, 0.2) is 5.65 Å². The normalized spacial score (nSPS) is 15.6. The van der Waals surface area contributed by atoms with Gasteiger partial charge in [0.25, 0.3) is 5.91 Å². The van der Waals surface area contributed by atoms with Crippen molar-refractivity contribution in [3.8, 4) is 0 Å². The van der Waals surface area contributed by atoms with Crippen molar-refractivity contribution >= 4 is 33.4 Å². The lowest BCUT2D eigenvalue weighted by atomic mass is 9.99. The quantitative estimate of drug-likeness (QED) is 0.452. The molecule has 2 aromatic heterocycles. The Kier molecular flexibility index (Phi) is 5.96. The van der Waals surface area contributed by atoms with E-state index in [-0.39, 0.29) is 18.0 Å². The van der Waals surface area contributed by atoms with E-state index in [4.69, 9.17) is 4.74 Å². The summed E-state index contributed by atoms with van der Waals surface area (Å²) < 4.78 is 7.36. The molecule has 0 aliphatic carbocycles. The van der Waals surface area contributed by atoms with Crippen LogP contribution in [0.3, 0.4) is 0 Å². The number of rotatable bonds is 6. The van der Waals surface area contributed by atoms with Crippen molar-refractivity contribution in [3.63, 3.8) is 0 Å². The molecule has 5 rings (SSSR count). The Balaban J connectivity index is 1.48. The number of amides is 1. The molecule has 7 nitrogen and oxygen atoms in total. The highest BCUT2D eigenvalue weighted by Crippen LogP contribution is 2.30. The van der Waals surface area contributed by atoms with Gasteiger partial charge in [-0.1, -0.05) is 42.5 Å². The van der Waals surface area contributed by atoms with Crippen molar-refractivity contribution in [1.29, 1.82) is 0 Å². The van der Waals surface area contributed by atoms with Crippen LogP contribution in [0.4, 0.5) is 5.69 Å². The molecule has 0 bridgehead atoms. The third-order valence-electron chi connectivity index (χ3n) is 6.42. The van der Waals surface area contributed by atoms with Gasteiger partial charge in [-0.15, -0.1) is 0 Å². The molecule has 1 atom stereocenters. The number of nitrogens with one attached hydrogen (secondary N) is 2. The Labute approximate surface area is 193 Å². The molecule has 0 spiro atoms. The van der Waals surface area contributed by atoms with Crippen molar-refractivity contribution in [2.75, 3.05) is 18.5 Å². The third kappa shape index (κ3) is 4.16. The molecule has 1 saturated heterocycles. The van der Waals surface area contributed by atoms with E-state index in [0.717, 1.165) is 65.7 Å². The van der Waals surface area contributed by atoms with E-state index in [0.29, 0.717) is 5.56 Å². The van der Waals surface area contributed by atoms with Crippen molar-refractivity contribution in [2.24, 2.45) is 0 Å². The molecule has 1 fully saturated rings. The van der Waals surface area contributed by atoms with Crippen LogP contribution in [0.15, 0.2) is 54.9 Å². The second-order valence-electron chi connectivity index (χ2n) is 8.54. The van der Waals surface area contributed by atoms with Crippen LogP contribution in [0.5, 0.6) is 0 Å². The number of fused-ring (bicyclic) bond motifs is 2. The Morgan fingerprint density at radius 1 is 1.12 bits per heavy atom. The molecule has 1 aliphatic heterocycles. The molecule has 0 radical (unpaired) electrons. The number of carbonyl (C=O) groups is 1. The van der Waals surface area contributed by atoms with E-state index < -0.39 is 0 Å². The SMILES string of the molecule is CCn1ncc2c(NC3CCOCC3)c(C(=O)NC(C)c3cccc4ccccc34)cnc21. The van der Waals surface area contributed by atoms with Gasteiger partial charge in [0.2, 0.25) is 0 Å². The highest BCUT2D eigenvalue weighted by atomic mass is 16.5. The van der Waals surface area contributed by atoms with Gasteiger partial charge in [-0.3, -0.25) is 4.79 Å². The average molecular weight is 444 g/mol. The Hall–Kier alpha value is -3.45. The zero-order valence-electron chi connectivity index (χ0n) is 19.0.